The van der Waals surface area contributed by atoms with Gasteiger partial charge in [-0.1, -0.05) is 0 Å². The van der Waals surface area contributed by atoms with E-state index in [-0.39, 0.29) is 17.6 Å². The lowest BCUT2D eigenvalue weighted by atomic mass is 10.4. The second-order valence-corrected chi connectivity index (χ2v) is 6.10. The summed E-state index contributed by atoms with van der Waals surface area (Å²) in [7, 11) is -2.57. The Hall–Kier alpha value is -1.41. The lowest BCUT2D eigenvalue weighted by Crippen LogP contribution is -2.41. The molecule has 8 heteroatoms. The van der Waals surface area contributed by atoms with E-state index in [4.69, 9.17) is 0 Å². The molecule has 0 amide bonds. The van der Waals surface area contributed by atoms with Crippen LogP contribution in [0.1, 0.15) is 20.8 Å². The molecule has 19 heavy (non-hydrogen) atoms. The molecule has 0 aliphatic heterocycles. The fourth-order valence-corrected chi connectivity index (χ4v) is 3.02. The van der Waals surface area contributed by atoms with Crippen LogP contribution in [0.15, 0.2) is 17.6 Å². The van der Waals surface area contributed by atoms with Gasteiger partial charge in [-0.25, -0.2) is 13.4 Å². The highest BCUT2D eigenvalue weighted by Crippen LogP contribution is 2.16. The molecule has 0 fully saturated rings. The molecule has 0 N–H and O–H groups in total. The number of aryl methyl sites for hydroxylation is 1. The van der Waals surface area contributed by atoms with Crippen molar-refractivity contribution in [1.82, 2.24) is 13.9 Å². The Morgan fingerprint density at radius 1 is 1.53 bits per heavy atom. The molecule has 0 aromatic carbocycles. The van der Waals surface area contributed by atoms with Gasteiger partial charge >= 0.3 is 5.97 Å². The monoisotopic (exact) mass is 289 g/mol. The first-order chi connectivity index (χ1) is 8.82. The van der Waals surface area contributed by atoms with E-state index in [0.717, 1.165) is 4.31 Å². The van der Waals surface area contributed by atoms with Gasteiger partial charge < -0.3 is 9.30 Å². The van der Waals surface area contributed by atoms with Crippen LogP contribution in [0.5, 0.6) is 0 Å². The maximum atomic E-state index is 12.4. The third-order valence-corrected chi connectivity index (χ3v) is 4.54. The van der Waals surface area contributed by atoms with E-state index < -0.39 is 16.0 Å². The van der Waals surface area contributed by atoms with Crippen LogP contribution in [-0.2, 0) is 26.1 Å². The van der Waals surface area contributed by atoms with Crippen LogP contribution in [0, 0.1) is 0 Å². The number of sulfonamides is 1. The summed E-state index contributed by atoms with van der Waals surface area (Å²) in [6.07, 6.45) is 2.89. The molecule has 1 aromatic rings. The third-order valence-electron chi connectivity index (χ3n) is 2.64. The van der Waals surface area contributed by atoms with Crippen molar-refractivity contribution in [2.75, 3.05) is 13.7 Å². The van der Waals surface area contributed by atoms with Gasteiger partial charge in [0.2, 0.25) is 0 Å². The summed E-state index contributed by atoms with van der Waals surface area (Å²) in [5.74, 6) is -0.604. The normalized spacial score (nSPS) is 12.1. The predicted molar refractivity (Wildman–Crippen MR) is 68.9 cm³/mol. The van der Waals surface area contributed by atoms with Crippen LogP contribution in [0.2, 0.25) is 0 Å². The van der Waals surface area contributed by atoms with E-state index in [1.165, 1.54) is 19.6 Å². The summed E-state index contributed by atoms with van der Waals surface area (Å²) in [6.45, 7) is 5.57. The highest BCUT2D eigenvalue weighted by molar-refractivity contribution is 7.89. The van der Waals surface area contributed by atoms with Gasteiger partial charge in [-0.15, -0.1) is 0 Å². The Labute approximate surface area is 113 Å². The summed E-state index contributed by atoms with van der Waals surface area (Å²) < 4.78 is 32.0. The molecule has 0 saturated carbocycles. The predicted octanol–water partition coefficient (Wildman–Crippen LogP) is 0.475. The number of carbonyl (C=O) groups is 1. The molecule has 1 heterocycles. The smallest absolute Gasteiger partial charge is 0.321 e. The lowest BCUT2D eigenvalue weighted by Gasteiger charge is -2.23. The molecule has 108 valence electrons. The van der Waals surface area contributed by atoms with Crippen molar-refractivity contribution in [3.05, 3.63) is 12.5 Å². The van der Waals surface area contributed by atoms with Crippen LogP contribution in [0.3, 0.4) is 0 Å². The Balaban J connectivity index is 3.09. The highest BCUT2D eigenvalue weighted by atomic mass is 32.2. The number of methoxy groups -OCH3 is 1. The number of ether oxygens (including phenoxy) is 1. The summed E-state index contributed by atoms with van der Waals surface area (Å²) in [6, 6.07) is -0.365. The first-order valence-electron chi connectivity index (χ1n) is 5.93. The highest BCUT2D eigenvalue weighted by Gasteiger charge is 2.31. The summed E-state index contributed by atoms with van der Waals surface area (Å²) in [5.41, 5.74) is 0. The van der Waals surface area contributed by atoms with Gasteiger partial charge in [0, 0.05) is 18.8 Å². The maximum Gasteiger partial charge on any atom is 0.321 e. The summed E-state index contributed by atoms with van der Waals surface area (Å²) >= 11 is 0. The van der Waals surface area contributed by atoms with Gasteiger partial charge in [0.25, 0.3) is 10.0 Å². The van der Waals surface area contributed by atoms with Crippen molar-refractivity contribution in [1.29, 1.82) is 0 Å². The van der Waals surface area contributed by atoms with E-state index in [2.05, 4.69) is 9.72 Å². The van der Waals surface area contributed by atoms with E-state index in [1.807, 2.05) is 6.92 Å². The standard InChI is InChI=1S/C11H19N3O4S/c1-5-13-6-10(12-8-13)19(16,17)14(9(2)3)7-11(15)18-4/h6,8-9H,5,7H2,1-4H3. The van der Waals surface area contributed by atoms with Crippen molar-refractivity contribution in [2.45, 2.75) is 38.4 Å². The maximum absolute atomic E-state index is 12.4. The molecule has 0 aliphatic carbocycles. The molecule has 1 aromatic heterocycles. The van der Waals surface area contributed by atoms with Crippen LogP contribution < -0.4 is 0 Å². The number of hydrogen-bond donors (Lipinski definition) is 0. The molecular formula is C11H19N3O4S. The zero-order valence-electron chi connectivity index (χ0n) is 11.5. The first-order valence-corrected chi connectivity index (χ1v) is 7.37. The van der Waals surface area contributed by atoms with Crippen molar-refractivity contribution >= 4 is 16.0 Å². The fourth-order valence-electron chi connectivity index (χ4n) is 1.50. The Morgan fingerprint density at radius 3 is 2.58 bits per heavy atom. The molecule has 1 rings (SSSR count). The van der Waals surface area contributed by atoms with Gasteiger partial charge in [0.15, 0.2) is 5.03 Å². The molecule has 0 bridgehead atoms. The summed E-state index contributed by atoms with van der Waals surface area (Å²) in [4.78, 5) is 15.2. The van der Waals surface area contributed by atoms with E-state index in [0.29, 0.717) is 6.54 Å². The average molecular weight is 289 g/mol. The third kappa shape index (κ3) is 3.54. The number of imidazole rings is 1. The lowest BCUT2D eigenvalue weighted by molar-refractivity contribution is -0.141. The zero-order chi connectivity index (χ0) is 14.6. The van der Waals surface area contributed by atoms with Crippen LogP contribution >= 0.6 is 0 Å². The number of aromatic nitrogens is 2. The van der Waals surface area contributed by atoms with Crippen molar-refractivity contribution in [2.24, 2.45) is 0 Å². The molecule has 0 spiro atoms. The largest absolute Gasteiger partial charge is 0.468 e. The number of rotatable bonds is 6. The van der Waals surface area contributed by atoms with Crippen LogP contribution in [0.4, 0.5) is 0 Å². The number of hydrogen-bond acceptors (Lipinski definition) is 5. The zero-order valence-corrected chi connectivity index (χ0v) is 12.3. The topological polar surface area (TPSA) is 81.5 Å². The minimum atomic E-state index is -3.79. The first kappa shape index (κ1) is 15.6. The molecule has 0 aliphatic rings. The van der Waals surface area contributed by atoms with Gasteiger partial charge in [-0.2, -0.15) is 4.31 Å². The Bertz CT molecular complexity index is 536. The Morgan fingerprint density at radius 2 is 2.16 bits per heavy atom. The van der Waals surface area contributed by atoms with Crippen molar-refractivity contribution in [3.8, 4) is 0 Å². The van der Waals surface area contributed by atoms with E-state index in [1.54, 1.807) is 18.4 Å². The molecular weight excluding hydrogens is 270 g/mol. The fraction of sp³-hybridized carbons (Fsp3) is 0.636. The Kier molecular flexibility index (Phi) is 5.07. The van der Waals surface area contributed by atoms with E-state index in [9.17, 15) is 13.2 Å². The second kappa shape index (κ2) is 6.16. The quantitative estimate of drug-likeness (QED) is 0.711. The summed E-state index contributed by atoms with van der Waals surface area (Å²) in [5, 5.41) is -0.0630. The average Bonchev–Trinajstić information content (AvgIpc) is 2.84. The van der Waals surface area contributed by atoms with Crippen LogP contribution in [0.25, 0.3) is 0 Å². The minimum Gasteiger partial charge on any atom is -0.468 e. The number of carbonyl (C=O) groups excluding carboxylic acids is 1. The number of esters is 1. The number of nitrogens with zero attached hydrogens (tertiary/aromatic N) is 3. The minimum absolute atomic E-state index is 0.0630. The SMILES string of the molecule is CCn1cnc(S(=O)(=O)N(CC(=O)OC)C(C)C)c1. The van der Waals surface area contributed by atoms with Crippen molar-refractivity contribution < 1.29 is 17.9 Å². The second-order valence-electron chi connectivity index (χ2n) is 4.26. The van der Waals surface area contributed by atoms with E-state index >= 15 is 0 Å². The molecule has 0 atom stereocenters. The van der Waals surface area contributed by atoms with Crippen LogP contribution in [-0.4, -0.2) is 47.9 Å². The van der Waals surface area contributed by atoms with Crippen molar-refractivity contribution in [3.63, 3.8) is 0 Å². The van der Waals surface area contributed by atoms with Gasteiger partial charge in [-0.05, 0) is 20.8 Å². The van der Waals surface area contributed by atoms with Gasteiger partial charge in [-0.3, -0.25) is 4.79 Å². The molecule has 0 unspecified atom stereocenters. The molecule has 7 nitrogen and oxygen atoms in total. The van der Waals surface area contributed by atoms with Gasteiger partial charge in [0.1, 0.15) is 6.54 Å². The molecule has 0 radical (unpaired) electrons. The molecule has 0 saturated heterocycles. The van der Waals surface area contributed by atoms with Gasteiger partial charge in [0.05, 0.1) is 13.4 Å².